The minimum absolute atomic E-state index is 0.0486. The molecule has 0 radical (unpaired) electrons. The van der Waals surface area contributed by atoms with E-state index in [0.717, 1.165) is 24.6 Å². The van der Waals surface area contributed by atoms with E-state index in [4.69, 9.17) is 9.84 Å². The number of hydrogen-bond donors (Lipinski definition) is 1. The number of carbonyl (C=O) groups is 2. The first-order valence-corrected chi connectivity index (χ1v) is 7.09. The minimum atomic E-state index is -0.976. The van der Waals surface area contributed by atoms with Gasteiger partial charge in [-0.05, 0) is 19.3 Å². The van der Waals surface area contributed by atoms with Crippen LogP contribution in [0.5, 0.6) is 0 Å². The van der Waals surface area contributed by atoms with E-state index in [1.54, 1.807) is 0 Å². The van der Waals surface area contributed by atoms with Crippen molar-refractivity contribution < 1.29 is 23.8 Å². The lowest BCUT2D eigenvalue weighted by molar-refractivity contribution is -0.144. The number of carboxylic acids is 1. The Balaban J connectivity index is 2.32. The molecule has 6 heteroatoms. The van der Waals surface area contributed by atoms with Crippen LogP contribution < -0.4 is 0 Å². The normalized spacial score (nSPS) is 25.7. The quantitative estimate of drug-likeness (QED) is 0.807. The highest BCUT2D eigenvalue weighted by atomic mass is 32.2. The van der Waals surface area contributed by atoms with E-state index in [0.29, 0.717) is 12.8 Å². The van der Waals surface area contributed by atoms with Crippen molar-refractivity contribution in [2.24, 2.45) is 5.92 Å². The molecule has 0 aliphatic heterocycles. The zero-order chi connectivity index (χ0) is 13.5. The highest BCUT2D eigenvalue weighted by Crippen LogP contribution is 2.24. The van der Waals surface area contributed by atoms with Gasteiger partial charge >= 0.3 is 5.97 Å². The van der Waals surface area contributed by atoms with Crippen LogP contribution in [0.1, 0.15) is 32.6 Å². The van der Waals surface area contributed by atoms with Crippen molar-refractivity contribution in [1.29, 1.82) is 0 Å². The number of aliphatic carboxylic acids is 1. The number of halogens is 1. The van der Waals surface area contributed by atoms with Crippen molar-refractivity contribution in [1.82, 2.24) is 0 Å². The summed E-state index contributed by atoms with van der Waals surface area (Å²) in [5.41, 5.74) is 0. The number of carbonyl (C=O) groups excluding carboxylic acids is 1. The molecule has 3 atom stereocenters. The highest BCUT2D eigenvalue weighted by Gasteiger charge is 2.25. The second-order valence-electron chi connectivity index (χ2n) is 4.56. The van der Waals surface area contributed by atoms with Gasteiger partial charge in [0.25, 0.3) is 0 Å². The van der Waals surface area contributed by atoms with Crippen LogP contribution in [0.25, 0.3) is 0 Å². The van der Waals surface area contributed by atoms with Crippen LogP contribution in [-0.4, -0.2) is 40.8 Å². The molecule has 0 bridgehead atoms. The number of hydrogen-bond acceptors (Lipinski definition) is 4. The molecule has 4 nitrogen and oxygen atoms in total. The van der Waals surface area contributed by atoms with Crippen molar-refractivity contribution >= 4 is 22.8 Å². The molecule has 18 heavy (non-hydrogen) atoms. The molecule has 104 valence electrons. The SMILES string of the molecule is CC(=O)SCC(COC1CCCC(F)C1)C(=O)O. The molecule has 0 amide bonds. The molecule has 0 aromatic carbocycles. The van der Waals surface area contributed by atoms with E-state index in [9.17, 15) is 14.0 Å². The van der Waals surface area contributed by atoms with Gasteiger partial charge in [0.2, 0.25) is 0 Å². The Morgan fingerprint density at radius 3 is 2.78 bits per heavy atom. The fourth-order valence-electron chi connectivity index (χ4n) is 1.90. The summed E-state index contributed by atoms with van der Waals surface area (Å²) < 4.78 is 18.6. The fraction of sp³-hybridized carbons (Fsp3) is 0.833. The van der Waals surface area contributed by atoms with Gasteiger partial charge in [0, 0.05) is 19.1 Å². The number of carboxylic acid groups (broad SMARTS) is 1. The summed E-state index contributed by atoms with van der Waals surface area (Å²) >= 11 is 0.981. The summed E-state index contributed by atoms with van der Waals surface area (Å²) in [4.78, 5) is 21.8. The maximum atomic E-state index is 13.1. The monoisotopic (exact) mass is 278 g/mol. The van der Waals surface area contributed by atoms with Gasteiger partial charge in [0.05, 0.1) is 18.6 Å². The van der Waals surface area contributed by atoms with Gasteiger partial charge in [-0.2, -0.15) is 0 Å². The zero-order valence-electron chi connectivity index (χ0n) is 10.4. The largest absolute Gasteiger partial charge is 0.481 e. The van der Waals surface area contributed by atoms with Gasteiger partial charge in [-0.15, -0.1) is 0 Å². The van der Waals surface area contributed by atoms with E-state index in [1.165, 1.54) is 6.92 Å². The Bertz CT molecular complexity index is 298. The first kappa shape index (κ1) is 15.4. The van der Waals surface area contributed by atoms with Crippen molar-refractivity contribution in [2.45, 2.75) is 44.9 Å². The molecule has 0 aromatic heterocycles. The van der Waals surface area contributed by atoms with Gasteiger partial charge in [0.1, 0.15) is 6.17 Å². The Labute approximate surface area is 110 Å². The third-order valence-corrected chi connectivity index (χ3v) is 3.91. The lowest BCUT2D eigenvalue weighted by atomic mass is 9.96. The van der Waals surface area contributed by atoms with Crippen molar-refractivity contribution in [3.63, 3.8) is 0 Å². The number of thioether (sulfide) groups is 1. The molecule has 1 rings (SSSR count). The second kappa shape index (κ2) is 7.74. The van der Waals surface area contributed by atoms with Gasteiger partial charge in [-0.3, -0.25) is 9.59 Å². The average Bonchev–Trinajstić information content (AvgIpc) is 2.28. The number of alkyl halides is 1. The molecule has 1 saturated carbocycles. The summed E-state index contributed by atoms with van der Waals surface area (Å²) in [6.07, 6.45) is 1.48. The predicted octanol–water partition coefficient (Wildman–Crippen LogP) is 2.26. The van der Waals surface area contributed by atoms with E-state index in [1.807, 2.05) is 0 Å². The van der Waals surface area contributed by atoms with Crippen molar-refractivity contribution in [2.75, 3.05) is 12.4 Å². The standard InChI is InChI=1S/C12H19FO4S/c1-8(14)18-7-9(12(15)16)6-17-11-4-2-3-10(13)5-11/h9-11H,2-7H2,1H3,(H,15,16). The molecular weight excluding hydrogens is 259 g/mol. The summed E-state index contributed by atoms with van der Waals surface area (Å²) in [6, 6.07) is 0. The Morgan fingerprint density at radius 2 is 2.22 bits per heavy atom. The van der Waals surface area contributed by atoms with Gasteiger partial charge in [-0.1, -0.05) is 11.8 Å². The molecule has 0 aromatic rings. The Morgan fingerprint density at radius 1 is 1.50 bits per heavy atom. The molecular formula is C12H19FO4S. The predicted molar refractivity (Wildman–Crippen MR) is 67.4 cm³/mol. The smallest absolute Gasteiger partial charge is 0.309 e. The molecule has 0 saturated heterocycles. The first-order chi connectivity index (χ1) is 8.49. The maximum absolute atomic E-state index is 13.1. The summed E-state index contributed by atoms with van der Waals surface area (Å²) in [7, 11) is 0. The molecule has 1 aliphatic carbocycles. The third kappa shape index (κ3) is 5.82. The van der Waals surface area contributed by atoms with Crippen molar-refractivity contribution in [3.05, 3.63) is 0 Å². The topological polar surface area (TPSA) is 63.6 Å². The molecule has 0 heterocycles. The van der Waals surface area contributed by atoms with Crippen LogP contribution in [0, 0.1) is 5.92 Å². The van der Waals surface area contributed by atoms with E-state index in [-0.39, 0.29) is 23.6 Å². The fourth-order valence-corrected chi connectivity index (χ4v) is 2.57. The zero-order valence-corrected chi connectivity index (χ0v) is 11.2. The van der Waals surface area contributed by atoms with Crippen LogP contribution in [0.2, 0.25) is 0 Å². The summed E-state index contributed by atoms with van der Waals surface area (Å²) in [5, 5.41) is 8.88. The minimum Gasteiger partial charge on any atom is -0.481 e. The third-order valence-electron chi connectivity index (χ3n) is 2.93. The summed E-state index contributed by atoms with van der Waals surface area (Å²) in [6.45, 7) is 1.45. The lowest BCUT2D eigenvalue weighted by Gasteiger charge is -2.25. The molecule has 3 unspecified atom stereocenters. The van der Waals surface area contributed by atoms with E-state index >= 15 is 0 Å². The van der Waals surface area contributed by atoms with Crippen LogP contribution in [-0.2, 0) is 14.3 Å². The van der Waals surface area contributed by atoms with Gasteiger partial charge in [-0.25, -0.2) is 4.39 Å². The number of rotatable bonds is 6. The van der Waals surface area contributed by atoms with Gasteiger partial charge in [0.15, 0.2) is 5.12 Å². The van der Waals surface area contributed by atoms with E-state index < -0.39 is 18.1 Å². The molecule has 1 fully saturated rings. The van der Waals surface area contributed by atoms with Crippen LogP contribution >= 0.6 is 11.8 Å². The average molecular weight is 278 g/mol. The van der Waals surface area contributed by atoms with Crippen LogP contribution in [0.15, 0.2) is 0 Å². The Kier molecular flexibility index (Phi) is 6.63. The molecule has 1 N–H and O–H groups in total. The molecule has 1 aliphatic rings. The first-order valence-electron chi connectivity index (χ1n) is 6.11. The lowest BCUT2D eigenvalue weighted by Crippen LogP contribution is -2.29. The maximum Gasteiger partial charge on any atom is 0.309 e. The Hall–Kier alpha value is -0.620. The second-order valence-corrected chi connectivity index (χ2v) is 5.75. The van der Waals surface area contributed by atoms with Crippen molar-refractivity contribution in [3.8, 4) is 0 Å². The van der Waals surface area contributed by atoms with E-state index in [2.05, 4.69) is 0 Å². The van der Waals surface area contributed by atoms with Crippen LogP contribution in [0.3, 0.4) is 0 Å². The van der Waals surface area contributed by atoms with Crippen LogP contribution in [0.4, 0.5) is 4.39 Å². The van der Waals surface area contributed by atoms with Gasteiger partial charge < -0.3 is 9.84 Å². The highest BCUT2D eigenvalue weighted by molar-refractivity contribution is 8.13. The summed E-state index contributed by atoms with van der Waals surface area (Å²) in [5.74, 6) is -1.48. The molecule has 0 spiro atoms. The number of ether oxygens (including phenoxy) is 1.